The molecule has 1 aliphatic rings. The van der Waals surface area contributed by atoms with Gasteiger partial charge in [-0.05, 0) is 42.4 Å². The molecular formula is C26H35N3O2. The summed E-state index contributed by atoms with van der Waals surface area (Å²) in [7, 11) is 0. The second kappa shape index (κ2) is 11.1. The third kappa shape index (κ3) is 6.93. The van der Waals surface area contributed by atoms with Crippen molar-refractivity contribution in [1.29, 1.82) is 0 Å². The van der Waals surface area contributed by atoms with Crippen LogP contribution in [0.5, 0.6) is 0 Å². The molecular weight excluding hydrogens is 386 g/mol. The van der Waals surface area contributed by atoms with Crippen molar-refractivity contribution in [2.24, 2.45) is 5.92 Å². The van der Waals surface area contributed by atoms with E-state index in [1.165, 1.54) is 11.1 Å². The number of piperidine rings is 1. The van der Waals surface area contributed by atoms with Crippen LogP contribution in [-0.4, -0.2) is 35.8 Å². The number of hydrogen-bond donors (Lipinski definition) is 2. The fourth-order valence-corrected chi connectivity index (χ4v) is 4.08. The summed E-state index contributed by atoms with van der Waals surface area (Å²) in [6.07, 6.45) is 2.24. The highest BCUT2D eigenvalue weighted by Crippen LogP contribution is 2.18. The molecule has 0 bridgehead atoms. The van der Waals surface area contributed by atoms with Crippen LogP contribution in [0.2, 0.25) is 0 Å². The van der Waals surface area contributed by atoms with Crippen molar-refractivity contribution in [2.45, 2.75) is 58.7 Å². The highest BCUT2D eigenvalue weighted by atomic mass is 16.2. The van der Waals surface area contributed by atoms with Gasteiger partial charge in [0, 0.05) is 32.1 Å². The van der Waals surface area contributed by atoms with E-state index in [9.17, 15) is 9.59 Å². The van der Waals surface area contributed by atoms with E-state index in [2.05, 4.69) is 46.7 Å². The number of carbonyl (C=O) groups excluding carboxylic acids is 2. The highest BCUT2D eigenvalue weighted by molar-refractivity contribution is 5.88. The quantitative estimate of drug-likeness (QED) is 0.678. The Bertz CT molecular complexity index is 858. The molecule has 5 nitrogen and oxygen atoms in total. The summed E-state index contributed by atoms with van der Waals surface area (Å²) in [4.78, 5) is 27.9. The number of aryl methyl sites for hydroxylation is 1. The van der Waals surface area contributed by atoms with Crippen LogP contribution in [0.25, 0.3) is 0 Å². The van der Waals surface area contributed by atoms with Gasteiger partial charge in [0.2, 0.25) is 11.8 Å². The zero-order chi connectivity index (χ0) is 22.2. The number of nitrogens with zero attached hydrogens (tertiary/aromatic N) is 1. The Morgan fingerprint density at radius 2 is 1.65 bits per heavy atom. The lowest BCUT2D eigenvalue weighted by molar-refractivity contribution is -0.130. The lowest BCUT2D eigenvalue weighted by Gasteiger charge is -2.33. The van der Waals surface area contributed by atoms with Gasteiger partial charge < -0.3 is 10.6 Å². The van der Waals surface area contributed by atoms with Gasteiger partial charge in [0.1, 0.15) is 6.04 Å². The Balaban J connectivity index is 1.56. The largest absolute Gasteiger partial charge is 0.351 e. The molecule has 3 rings (SSSR count). The molecule has 1 aliphatic heterocycles. The fourth-order valence-electron chi connectivity index (χ4n) is 4.08. The molecule has 2 N–H and O–H groups in total. The minimum absolute atomic E-state index is 0.0907. The number of likely N-dealkylation sites (tertiary alicyclic amines) is 1. The van der Waals surface area contributed by atoms with Gasteiger partial charge >= 0.3 is 0 Å². The van der Waals surface area contributed by atoms with Gasteiger partial charge in [0.15, 0.2) is 0 Å². The average Bonchev–Trinajstić information content (AvgIpc) is 2.75. The Kier molecular flexibility index (Phi) is 8.24. The van der Waals surface area contributed by atoms with Gasteiger partial charge in [-0.1, -0.05) is 68.4 Å². The van der Waals surface area contributed by atoms with E-state index in [0.717, 1.165) is 38.0 Å². The van der Waals surface area contributed by atoms with E-state index in [4.69, 9.17) is 0 Å². The van der Waals surface area contributed by atoms with Crippen LogP contribution in [0.1, 0.15) is 55.8 Å². The molecule has 0 saturated carbocycles. The molecule has 31 heavy (non-hydrogen) atoms. The van der Waals surface area contributed by atoms with Crippen LogP contribution in [0, 0.1) is 12.8 Å². The molecule has 1 atom stereocenters. The summed E-state index contributed by atoms with van der Waals surface area (Å²) in [5.41, 5.74) is 3.50. The Morgan fingerprint density at radius 3 is 2.29 bits per heavy atom. The van der Waals surface area contributed by atoms with Gasteiger partial charge in [0.25, 0.3) is 0 Å². The van der Waals surface area contributed by atoms with Crippen LogP contribution >= 0.6 is 0 Å². The van der Waals surface area contributed by atoms with Crippen LogP contribution in [0.3, 0.4) is 0 Å². The number of rotatable bonds is 8. The van der Waals surface area contributed by atoms with Crippen LogP contribution in [0.4, 0.5) is 0 Å². The summed E-state index contributed by atoms with van der Waals surface area (Å²) in [6.45, 7) is 9.01. The topological polar surface area (TPSA) is 61.4 Å². The van der Waals surface area contributed by atoms with E-state index in [-0.39, 0.29) is 23.8 Å². The van der Waals surface area contributed by atoms with E-state index < -0.39 is 6.04 Å². The van der Waals surface area contributed by atoms with Gasteiger partial charge in [-0.3, -0.25) is 14.5 Å². The molecule has 0 spiro atoms. The number of amides is 2. The molecule has 0 radical (unpaired) electrons. The second-order valence-electron chi connectivity index (χ2n) is 8.99. The zero-order valence-electron chi connectivity index (χ0n) is 18.9. The van der Waals surface area contributed by atoms with Crippen molar-refractivity contribution in [3.05, 3.63) is 71.3 Å². The summed E-state index contributed by atoms with van der Waals surface area (Å²) in [5.74, 6) is 0.0322. The Hall–Kier alpha value is -2.66. The summed E-state index contributed by atoms with van der Waals surface area (Å²) >= 11 is 0. The van der Waals surface area contributed by atoms with Crippen molar-refractivity contribution < 1.29 is 9.59 Å². The predicted octanol–water partition coefficient (Wildman–Crippen LogP) is 3.98. The third-order valence-electron chi connectivity index (χ3n) is 5.88. The first-order valence-corrected chi connectivity index (χ1v) is 11.3. The monoisotopic (exact) mass is 421 g/mol. The zero-order valence-corrected chi connectivity index (χ0v) is 18.9. The molecule has 166 valence electrons. The number of hydrogen-bond acceptors (Lipinski definition) is 3. The van der Waals surface area contributed by atoms with Crippen LogP contribution in [0.15, 0.2) is 54.6 Å². The molecule has 1 unspecified atom stereocenters. The first-order chi connectivity index (χ1) is 14.9. The SMILES string of the molecule is Cc1ccccc1CN1CCC(NC(=O)C(NC(=O)CC(C)C)c2ccccc2)CC1. The van der Waals surface area contributed by atoms with E-state index >= 15 is 0 Å². The van der Waals surface area contributed by atoms with Crippen molar-refractivity contribution >= 4 is 11.8 Å². The number of carbonyl (C=O) groups is 2. The number of nitrogens with one attached hydrogen (secondary N) is 2. The van der Waals surface area contributed by atoms with E-state index in [0.29, 0.717) is 6.42 Å². The van der Waals surface area contributed by atoms with Crippen molar-refractivity contribution in [3.63, 3.8) is 0 Å². The van der Waals surface area contributed by atoms with Gasteiger partial charge in [-0.15, -0.1) is 0 Å². The summed E-state index contributed by atoms with van der Waals surface area (Å²) in [6, 6.07) is 17.5. The molecule has 0 aliphatic carbocycles. The molecule has 2 aromatic rings. The number of benzene rings is 2. The lowest BCUT2D eigenvalue weighted by Crippen LogP contribution is -2.48. The smallest absolute Gasteiger partial charge is 0.247 e. The Labute approximate surface area is 186 Å². The molecule has 1 heterocycles. The normalized spacial score (nSPS) is 16.1. The molecule has 1 fully saturated rings. The minimum Gasteiger partial charge on any atom is -0.351 e. The first kappa shape index (κ1) is 23.0. The maximum atomic E-state index is 13.1. The first-order valence-electron chi connectivity index (χ1n) is 11.3. The molecule has 1 saturated heterocycles. The lowest BCUT2D eigenvalue weighted by atomic mass is 10.0. The van der Waals surface area contributed by atoms with Crippen molar-refractivity contribution in [1.82, 2.24) is 15.5 Å². The summed E-state index contributed by atoms with van der Waals surface area (Å²) < 4.78 is 0. The molecule has 5 heteroatoms. The van der Waals surface area contributed by atoms with Crippen molar-refractivity contribution in [2.75, 3.05) is 13.1 Å². The van der Waals surface area contributed by atoms with Gasteiger partial charge in [0.05, 0.1) is 0 Å². The Morgan fingerprint density at radius 1 is 1.00 bits per heavy atom. The highest BCUT2D eigenvalue weighted by Gasteiger charge is 2.27. The second-order valence-corrected chi connectivity index (χ2v) is 8.99. The molecule has 0 aromatic heterocycles. The van der Waals surface area contributed by atoms with E-state index in [1.807, 2.05) is 44.2 Å². The predicted molar refractivity (Wildman–Crippen MR) is 124 cm³/mol. The molecule has 2 amide bonds. The fraction of sp³-hybridized carbons (Fsp3) is 0.462. The van der Waals surface area contributed by atoms with Crippen LogP contribution < -0.4 is 10.6 Å². The minimum atomic E-state index is -0.655. The van der Waals surface area contributed by atoms with Crippen molar-refractivity contribution in [3.8, 4) is 0 Å². The molecule has 2 aromatic carbocycles. The summed E-state index contributed by atoms with van der Waals surface area (Å²) in [5, 5.41) is 6.13. The maximum absolute atomic E-state index is 13.1. The van der Waals surface area contributed by atoms with Gasteiger partial charge in [-0.2, -0.15) is 0 Å². The average molecular weight is 422 g/mol. The van der Waals surface area contributed by atoms with E-state index in [1.54, 1.807) is 0 Å². The standard InChI is InChI=1S/C26H35N3O2/c1-19(2)17-24(30)28-25(21-10-5-4-6-11-21)26(31)27-23-13-15-29(16-14-23)18-22-12-8-7-9-20(22)3/h4-12,19,23,25H,13-18H2,1-3H3,(H,27,31)(H,28,30). The van der Waals surface area contributed by atoms with Gasteiger partial charge in [-0.25, -0.2) is 0 Å². The maximum Gasteiger partial charge on any atom is 0.247 e. The van der Waals surface area contributed by atoms with Crippen LogP contribution in [-0.2, 0) is 16.1 Å². The third-order valence-corrected chi connectivity index (χ3v) is 5.88.